The van der Waals surface area contributed by atoms with Gasteiger partial charge in [-0.3, -0.25) is 9.59 Å². The monoisotopic (exact) mass is 403 g/mol. The van der Waals surface area contributed by atoms with Crippen LogP contribution in [0.15, 0.2) is 70.3 Å². The highest BCUT2D eigenvalue weighted by Gasteiger charge is 2.44. The molecule has 3 aromatic rings. The summed E-state index contributed by atoms with van der Waals surface area (Å²) in [5, 5.41) is 11.5. The molecule has 1 unspecified atom stereocenters. The number of hydrogen-bond acceptors (Lipinski definition) is 4. The minimum absolute atomic E-state index is 0.0739. The summed E-state index contributed by atoms with van der Waals surface area (Å²) in [5.41, 5.74) is 2.63. The van der Waals surface area contributed by atoms with Crippen LogP contribution in [0.25, 0.3) is 11.0 Å². The minimum atomic E-state index is -0.639. The first-order valence-corrected chi connectivity index (χ1v) is 10.3. The summed E-state index contributed by atoms with van der Waals surface area (Å²) in [6.45, 7) is 6.62. The van der Waals surface area contributed by atoms with E-state index in [1.165, 1.54) is 5.56 Å². The second-order valence-corrected chi connectivity index (χ2v) is 7.96. The Kier molecular flexibility index (Phi) is 5.20. The van der Waals surface area contributed by atoms with Gasteiger partial charge in [0.05, 0.1) is 11.6 Å². The fraction of sp³-hybridized carbons (Fsp3) is 0.280. The largest absolute Gasteiger partial charge is 0.503 e. The number of nitrogens with zero attached hydrogens (tertiary/aromatic N) is 1. The number of carbonyl (C=O) groups excluding carboxylic acids is 2. The van der Waals surface area contributed by atoms with Crippen LogP contribution < -0.4 is 0 Å². The van der Waals surface area contributed by atoms with Crippen molar-refractivity contribution in [3.63, 3.8) is 0 Å². The average molecular weight is 403 g/mol. The van der Waals surface area contributed by atoms with Crippen LogP contribution in [-0.4, -0.2) is 28.2 Å². The van der Waals surface area contributed by atoms with E-state index in [2.05, 4.69) is 13.8 Å². The number of Topliss-reactive ketones (excluding diaryl/α,β-unsaturated/α-hetero) is 1. The Balaban J connectivity index is 1.79. The Morgan fingerprint density at radius 2 is 1.83 bits per heavy atom. The third kappa shape index (κ3) is 3.30. The van der Waals surface area contributed by atoms with E-state index < -0.39 is 23.5 Å². The molecule has 0 aliphatic carbocycles. The van der Waals surface area contributed by atoms with Crippen molar-refractivity contribution < 1.29 is 19.1 Å². The van der Waals surface area contributed by atoms with Crippen molar-refractivity contribution in [1.29, 1.82) is 0 Å². The molecule has 5 nitrogen and oxygen atoms in total. The van der Waals surface area contributed by atoms with E-state index in [-0.39, 0.29) is 11.3 Å². The summed E-state index contributed by atoms with van der Waals surface area (Å²) in [6, 6.07) is 16.2. The molecule has 0 fully saturated rings. The molecule has 1 aromatic heterocycles. The number of aliphatic hydroxyl groups excluding tert-OH is 1. The molecule has 0 bridgehead atoms. The smallest absolute Gasteiger partial charge is 0.290 e. The number of fused-ring (bicyclic) bond motifs is 1. The average Bonchev–Trinajstić information content (AvgIpc) is 3.28. The van der Waals surface area contributed by atoms with E-state index in [4.69, 9.17) is 4.42 Å². The normalized spacial score (nSPS) is 16.9. The van der Waals surface area contributed by atoms with Crippen LogP contribution >= 0.6 is 0 Å². The number of aliphatic hydroxyl groups is 1. The zero-order valence-electron chi connectivity index (χ0n) is 17.4. The molecule has 0 radical (unpaired) electrons. The number of ketones is 1. The van der Waals surface area contributed by atoms with Crippen LogP contribution in [0, 0.1) is 0 Å². The number of amides is 1. The topological polar surface area (TPSA) is 70.8 Å². The molecule has 1 aliphatic heterocycles. The molecule has 1 aliphatic rings. The Morgan fingerprint density at radius 1 is 1.13 bits per heavy atom. The van der Waals surface area contributed by atoms with Crippen LogP contribution in [0.2, 0.25) is 0 Å². The number of hydrogen-bond donors (Lipinski definition) is 1. The summed E-state index contributed by atoms with van der Waals surface area (Å²) in [4.78, 5) is 27.8. The number of carbonyl (C=O) groups is 2. The van der Waals surface area contributed by atoms with Crippen molar-refractivity contribution in [3.8, 4) is 0 Å². The first kappa shape index (κ1) is 20.0. The van der Waals surface area contributed by atoms with E-state index in [1.807, 2.05) is 49.4 Å². The fourth-order valence-electron chi connectivity index (χ4n) is 3.99. The summed E-state index contributed by atoms with van der Waals surface area (Å²) in [6.07, 6.45) is 0.714. The summed E-state index contributed by atoms with van der Waals surface area (Å²) in [5.74, 6) is -0.987. The highest BCUT2D eigenvalue weighted by Crippen LogP contribution is 2.40. The van der Waals surface area contributed by atoms with Gasteiger partial charge in [-0.15, -0.1) is 0 Å². The summed E-state index contributed by atoms with van der Waals surface area (Å²) in [7, 11) is 0. The lowest BCUT2D eigenvalue weighted by Gasteiger charge is -2.26. The van der Waals surface area contributed by atoms with E-state index in [1.54, 1.807) is 17.0 Å². The number of rotatable bonds is 6. The lowest BCUT2D eigenvalue weighted by atomic mass is 9.93. The quantitative estimate of drug-likeness (QED) is 0.548. The maximum atomic E-state index is 13.4. The second kappa shape index (κ2) is 7.82. The van der Waals surface area contributed by atoms with Crippen molar-refractivity contribution in [1.82, 2.24) is 4.90 Å². The minimum Gasteiger partial charge on any atom is -0.503 e. The molecule has 2 heterocycles. The van der Waals surface area contributed by atoms with Gasteiger partial charge in [-0.05, 0) is 35.6 Å². The first-order chi connectivity index (χ1) is 14.4. The number of para-hydroxylation sites is 1. The lowest BCUT2D eigenvalue weighted by Crippen LogP contribution is -2.31. The third-order valence-electron chi connectivity index (χ3n) is 5.58. The predicted octanol–water partition coefficient (Wildman–Crippen LogP) is 5.54. The van der Waals surface area contributed by atoms with Crippen LogP contribution in [-0.2, 0) is 4.79 Å². The van der Waals surface area contributed by atoms with Crippen LogP contribution in [0.3, 0.4) is 0 Å². The zero-order valence-corrected chi connectivity index (χ0v) is 17.4. The Morgan fingerprint density at radius 3 is 2.47 bits per heavy atom. The Bertz CT molecular complexity index is 1100. The molecular weight excluding hydrogens is 378 g/mol. The van der Waals surface area contributed by atoms with Gasteiger partial charge in [0.15, 0.2) is 11.5 Å². The molecular formula is C25H25NO4. The van der Waals surface area contributed by atoms with Crippen LogP contribution in [0.4, 0.5) is 0 Å². The van der Waals surface area contributed by atoms with Crippen LogP contribution in [0.5, 0.6) is 0 Å². The van der Waals surface area contributed by atoms with Crippen molar-refractivity contribution in [2.75, 3.05) is 6.54 Å². The van der Waals surface area contributed by atoms with Gasteiger partial charge in [0.25, 0.3) is 5.91 Å². The summed E-state index contributed by atoms with van der Waals surface area (Å²) < 4.78 is 5.73. The van der Waals surface area contributed by atoms with E-state index in [0.717, 1.165) is 10.9 Å². The van der Waals surface area contributed by atoms with Crippen molar-refractivity contribution in [2.45, 2.75) is 39.2 Å². The lowest BCUT2D eigenvalue weighted by molar-refractivity contribution is -0.129. The molecule has 5 heteroatoms. The molecule has 0 spiro atoms. The van der Waals surface area contributed by atoms with Crippen molar-refractivity contribution >= 4 is 22.7 Å². The van der Waals surface area contributed by atoms with Crippen molar-refractivity contribution in [2.24, 2.45) is 0 Å². The molecule has 2 aromatic carbocycles. The Hall–Kier alpha value is -3.34. The van der Waals surface area contributed by atoms with Gasteiger partial charge in [-0.25, -0.2) is 0 Å². The van der Waals surface area contributed by atoms with E-state index in [0.29, 0.717) is 24.5 Å². The SMILES string of the molecule is CCCN1C(=O)C(O)=C(C(=O)c2cc3ccccc3o2)C1c1ccc(C(C)C)cc1. The molecule has 4 rings (SSSR count). The second-order valence-electron chi connectivity index (χ2n) is 7.96. The maximum absolute atomic E-state index is 13.4. The first-order valence-electron chi connectivity index (χ1n) is 10.3. The maximum Gasteiger partial charge on any atom is 0.290 e. The molecule has 1 N–H and O–H groups in total. The van der Waals surface area contributed by atoms with Crippen LogP contribution in [0.1, 0.15) is 60.8 Å². The molecule has 0 saturated carbocycles. The highest BCUT2D eigenvalue weighted by molar-refractivity contribution is 6.16. The molecule has 1 atom stereocenters. The Labute approximate surface area is 175 Å². The van der Waals surface area contributed by atoms with Crippen molar-refractivity contribution in [3.05, 3.63) is 82.8 Å². The van der Waals surface area contributed by atoms with Gasteiger partial charge in [0.2, 0.25) is 5.78 Å². The predicted molar refractivity (Wildman–Crippen MR) is 115 cm³/mol. The molecule has 154 valence electrons. The summed E-state index contributed by atoms with van der Waals surface area (Å²) >= 11 is 0. The zero-order chi connectivity index (χ0) is 21.4. The molecule has 30 heavy (non-hydrogen) atoms. The van der Waals surface area contributed by atoms with Gasteiger partial charge in [-0.1, -0.05) is 63.2 Å². The number of benzene rings is 2. The van der Waals surface area contributed by atoms with Gasteiger partial charge in [0, 0.05) is 11.9 Å². The van der Waals surface area contributed by atoms with Gasteiger partial charge in [-0.2, -0.15) is 0 Å². The van der Waals surface area contributed by atoms with Gasteiger partial charge < -0.3 is 14.4 Å². The third-order valence-corrected chi connectivity index (χ3v) is 5.58. The van der Waals surface area contributed by atoms with E-state index >= 15 is 0 Å². The molecule has 0 saturated heterocycles. The fourth-order valence-corrected chi connectivity index (χ4v) is 3.99. The highest BCUT2D eigenvalue weighted by atomic mass is 16.3. The molecule has 1 amide bonds. The van der Waals surface area contributed by atoms with Gasteiger partial charge >= 0.3 is 0 Å². The van der Waals surface area contributed by atoms with E-state index in [9.17, 15) is 14.7 Å². The number of furan rings is 1. The van der Waals surface area contributed by atoms with Gasteiger partial charge in [0.1, 0.15) is 5.58 Å². The standard InChI is InChI=1S/C25H25NO4/c1-4-13-26-22(17-11-9-16(10-12-17)15(2)3)21(24(28)25(26)29)23(27)20-14-18-7-5-6-8-19(18)30-20/h5-12,14-15,22,28H,4,13H2,1-3H3.